The van der Waals surface area contributed by atoms with E-state index in [1.54, 1.807) is 19.4 Å². The van der Waals surface area contributed by atoms with Crippen LogP contribution < -0.4 is 15.4 Å². The Morgan fingerprint density at radius 2 is 1.81 bits per heavy atom. The molecule has 138 valence electrons. The molecule has 0 amide bonds. The average molecular weight is 366 g/mol. The fourth-order valence-electron chi connectivity index (χ4n) is 2.36. The zero-order valence-corrected chi connectivity index (χ0v) is 14.8. The lowest BCUT2D eigenvalue weighted by molar-refractivity contribution is -0.383. The number of nitro groups is 1. The number of hydrogen-bond donors (Lipinski definition) is 2. The molecular formula is C18H18N6O3. The lowest BCUT2D eigenvalue weighted by atomic mass is 10.2. The number of aromatic nitrogens is 3. The lowest BCUT2D eigenvalue weighted by Crippen LogP contribution is -2.08. The Morgan fingerprint density at radius 3 is 2.44 bits per heavy atom. The standard InChI is InChI=1S/C18H18N6O3/c1-12-3-8-15(19-9-12)23-18-16(24(25)26)17(21-11-22-18)20-10-13-4-6-14(27-2)7-5-13/h3-9,11H,10H2,1-2H3,(H2,19,20,21,22,23). The van der Waals surface area contributed by atoms with Crippen molar-refractivity contribution in [2.24, 2.45) is 0 Å². The second-order valence-corrected chi connectivity index (χ2v) is 5.72. The largest absolute Gasteiger partial charge is 0.497 e. The van der Waals surface area contributed by atoms with Crippen molar-refractivity contribution in [2.75, 3.05) is 17.7 Å². The van der Waals surface area contributed by atoms with Crippen LogP contribution in [0.3, 0.4) is 0 Å². The van der Waals surface area contributed by atoms with Gasteiger partial charge in [0, 0.05) is 12.7 Å². The first-order chi connectivity index (χ1) is 13.1. The van der Waals surface area contributed by atoms with Crippen molar-refractivity contribution in [3.8, 4) is 5.75 Å². The molecule has 9 nitrogen and oxygen atoms in total. The van der Waals surface area contributed by atoms with E-state index < -0.39 is 4.92 Å². The van der Waals surface area contributed by atoms with Gasteiger partial charge in [0.05, 0.1) is 12.0 Å². The molecule has 0 aliphatic rings. The van der Waals surface area contributed by atoms with E-state index in [2.05, 4.69) is 25.6 Å². The molecule has 0 atom stereocenters. The summed E-state index contributed by atoms with van der Waals surface area (Å²) in [6.07, 6.45) is 2.93. The second kappa shape index (κ2) is 8.09. The van der Waals surface area contributed by atoms with Crippen LogP contribution in [0.25, 0.3) is 0 Å². The van der Waals surface area contributed by atoms with Gasteiger partial charge in [-0.15, -0.1) is 0 Å². The van der Waals surface area contributed by atoms with Crippen molar-refractivity contribution in [3.63, 3.8) is 0 Å². The number of hydrogen-bond acceptors (Lipinski definition) is 8. The molecule has 0 bridgehead atoms. The molecule has 1 aromatic carbocycles. The minimum Gasteiger partial charge on any atom is -0.497 e. The van der Waals surface area contributed by atoms with Crippen LogP contribution in [0.15, 0.2) is 48.9 Å². The van der Waals surface area contributed by atoms with Crippen molar-refractivity contribution in [1.82, 2.24) is 15.0 Å². The zero-order chi connectivity index (χ0) is 19.2. The molecule has 0 aliphatic heterocycles. The highest BCUT2D eigenvalue weighted by Crippen LogP contribution is 2.31. The molecule has 0 spiro atoms. The highest BCUT2D eigenvalue weighted by Gasteiger charge is 2.23. The van der Waals surface area contributed by atoms with E-state index in [-0.39, 0.29) is 17.3 Å². The Bertz CT molecular complexity index is 929. The quantitative estimate of drug-likeness (QED) is 0.482. The van der Waals surface area contributed by atoms with E-state index in [4.69, 9.17) is 4.74 Å². The number of nitrogens with one attached hydrogen (secondary N) is 2. The molecule has 0 unspecified atom stereocenters. The normalized spacial score (nSPS) is 10.3. The Kier molecular flexibility index (Phi) is 5.41. The van der Waals surface area contributed by atoms with E-state index in [0.717, 1.165) is 16.9 Å². The molecule has 2 N–H and O–H groups in total. The molecule has 27 heavy (non-hydrogen) atoms. The average Bonchev–Trinajstić information content (AvgIpc) is 2.68. The first-order valence-electron chi connectivity index (χ1n) is 8.12. The van der Waals surface area contributed by atoms with Crippen LogP contribution in [0.4, 0.5) is 23.1 Å². The first kappa shape index (κ1) is 18.1. The number of pyridine rings is 1. The van der Waals surface area contributed by atoms with Crippen molar-refractivity contribution in [3.05, 3.63) is 70.2 Å². The maximum absolute atomic E-state index is 11.6. The Morgan fingerprint density at radius 1 is 1.07 bits per heavy atom. The summed E-state index contributed by atoms with van der Waals surface area (Å²) < 4.78 is 5.12. The zero-order valence-electron chi connectivity index (χ0n) is 14.8. The Hall–Kier alpha value is -3.75. The van der Waals surface area contributed by atoms with Gasteiger partial charge in [0.1, 0.15) is 17.9 Å². The SMILES string of the molecule is COc1ccc(CNc2ncnc(Nc3ccc(C)cn3)c2[N+](=O)[O-])cc1. The van der Waals surface area contributed by atoms with Gasteiger partial charge in [-0.2, -0.15) is 0 Å². The summed E-state index contributed by atoms with van der Waals surface area (Å²) in [5.74, 6) is 1.40. The number of nitrogens with zero attached hydrogens (tertiary/aromatic N) is 4. The molecule has 9 heteroatoms. The molecular weight excluding hydrogens is 348 g/mol. The van der Waals surface area contributed by atoms with Gasteiger partial charge in [0.15, 0.2) is 0 Å². The maximum atomic E-state index is 11.6. The van der Waals surface area contributed by atoms with Crippen LogP contribution in [0.5, 0.6) is 5.75 Å². The molecule has 2 aromatic heterocycles. The van der Waals surface area contributed by atoms with Crippen molar-refractivity contribution < 1.29 is 9.66 Å². The highest BCUT2D eigenvalue weighted by molar-refractivity contribution is 5.72. The smallest absolute Gasteiger partial charge is 0.353 e. The van der Waals surface area contributed by atoms with Crippen molar-refractivity contribution in [2.45, 2.75) is 13.5 Å². The van der Waals surface area contributed by atoms with E-state index in [1.807, 2.05) is 37.3 Å². The topological polar surface area (TPSA) is 115 Å². The van der Waals surface area contributed by atoms with E-state index in [1.165, 1.54) is 6.33 Å². The maximum Gasteiger partial charge on any atom is 0.353 e. The summed E-state index contributed by atoms with van der Waals surface area (Å²) in [7, 11) is 1.59. The second-order valence-electron chi connectivity index (χ2n) is 5.72. The Balaban J connectivity index is 1.81. The molecule has 2 heterocycles. The number of anilines is 3. The fraction of sp³-hybridized carbons (Fsp3) is 0.167. The molecule has 0 aliphatic carbocycles. The van der Waals surface area contributed by atoms with Gasteiger partial charge in [0.25, 0.3) is 0 Å². The van der Waals surface area contributed by atoms with Crippen LogP contribution in [-0.2, 0) is 6.54 Å². The first-order valence-corrected chi connectivity index (χ1v) is 8.12. The van der Waals surface area contributed by atoms with Gasteiger partial charge < -0.3 is 15.4 Å². The van der Waals surface area contributed by atoms with Gasteiger partial charge >= 0.3 is 5.69 Å². The number of aryl methyl sites for hydroxylation is 1. The summed E-state index contributed by atoms with van der Waals surface area (Å²) in [6, 6.07) is 11.0. The summed E-state index contributed by atoms with van der Waals surface area (Å²) in [6.45, 7) is 2.27. The van der Waals surface area contributed by atoms with Crippen LogP contribution in [-0.4, -0.2) is 27.0 Å². The number of benzene rings is 1. The molecule has 0 radical (unpaired) electrons. The predicted molar refractivity (Wildman–Crippen MR) is 101 cm³/mol. The van der Waals surface area contributed by atoms with Crippen molar-refractivity contribution >= 4 is 23.1 Å². The molecule has 0 saturated carbocycles. The summed E-state index contributed by atoms with van der Waals surface area (Å²) >= 11 is 0. The minimum atomic E-state index is -0.521. The summed E-state index contributed by atoms with van der Waals surface area (Å²) in [4.78, 5) is 23.3. The van der Waals surface area contributed by atoms with E-state index in [0.29, 0.717) is 12.4 Å². The summed E-state index contributed by atoms with van der Waals surface area (Å²) in [5.41, 5.74) is 1.67. The predicted octanol–water partition coefficient (Wildman–Crippen LogP) is 3.45. The Labute approximate surface area is 155 Å². The third kappa shape index (κ3) is 4.46. The number of rotatable bonds is 7. The van der Waals surface area contributed by atoms with Gasteiger partial charge in [0.2, 0.25) is 11.6 Å². The van der Waals surface area contributed by atoms with Gasteiger partial charge in [-0.05, 0) is 36.2 Å². The van der Waals surface area contributed by atoms with Crippen LogP contribution in [0.2, 0.25) is 0 Å². The van der Waals surface area contributed by atoms with Gasteiger partial charge in [-0.1, -0.05) is 18.2 Å². The monoisotopic (exact) mass is 366 g/mol. The van der Waals surface area contributed by atoms with Crippen LogP contribution >= 0.6 is 0 Å². The highest BCUT2D eigenvalue weighted by atomic mass is 16.6. The van der Waals surface area contributed by atoms with Crippen LogP contribution in [0, 0.1) is 17.0 Å². The minimum absolute atomic E-state index is 0.0728. The number of ether oxygens (including phenoxy) is 1. The third-order valence-electron chi connectivity index (χ3n) is 3.78. The molecule has 0 saturated heterocycles. The summed E-state index contributed by atoms with van der Waals surface area (Å²) in [5, 5.41) is 17.5. The molecule has 3 aromatic rings. The third-order valence-corrected chi connectivity index (χ3v) is 3.78. The van der Waals surface area contributed by atoms with Gasteiger partial charge in [-0.25, -0.2) is 15.0 Å². The molecule has 0 fully saturated rings. The van der Waals surface area contributed by atoms with Crippen LogP contribution in [0.1, 0.15) is 11.1 Å². The van der Waals surface area contributed by atoms with Crippen molar-refractivity contribution in [1.29, 1.82) is 0 Å². The number of methoxy groups -OCH3 is 1. The lowest BCUT2D eigenvalue weighted by Gasteiger charge is -2.10. The van der Waals surface area contributed by atoms with E-state index >= 15 is 0 Å². The fourth-order valence-corrected chi connectivity index (χ4v) is 2.36. The van der Waals surface area contributed by atoms with E-state index in [9.17, 15) is 10.1 Å². The molecule has 3 rings (SSSR count). The van der Waals surface area contributed by atoms with Gasteiger partial charge in [-0.3, -0.25) is 10.1 Å².